The number of nitrogens with zero attached hydrogens (tertiary/aromatic N) is 1. The van der Waals surface area contributed by atoms with E-state index in [1.165, 1.54) is 6.08 Å². The highest BCUT2D eigenvalue weighted by molar-refractivity contribution is 7.91. The van der Waals surface area contributed by atoms with E-state index in [0.29, 0.717) is 10.5 Å². The van der Waals surface area contributed by atoms with Crippen molar-refractivity contribution in [3.63, 3.8) is 0 Å². The predicted octanol–water partition coefficient (Wildman–Crippen LogP) is 2.02. The van der Waals surface area contributed by atoms with Crippen molar-refractivity contribution >= 4 is 15.9 Å². The summed E-state index contributed by atoms with van der Waals surface area (Å²) in [5.41, 5.74) is 0.714. The van der Waals surface area contributed by atoms with Gasteiger partial charge in [0.05, 0.1) is 16.7 Å². The van der Waals surface area contributed by atoms with Crippen LogP contribution in [0.5, 0.6) is 0 Å². The van der Waals surface area contributed by atoms with E-state index in [0.717, 1.165) is 0 Å². The molecule has 0 atom stereocenters. The summed E-state index contributed by atoms with van der Waals surface area (Å²) in [4.78, 5) is 0.296. The molecule has 0 saturated heterocycles. The van der Waals surface area contributed by atoms with Crippen molar-refractivity contribution in [3.8, 4) is 6.07 Å². The molecule has 15 heavy (non-hydrogen) atoms. The molecule has 0 bridgehead atoms. The number of hydrogen-bond acceptors (Lipinski definition) is 3. The molecule has 0 amide bonds. The third-order valence-electron chi connectivity index (χ3n) is 1.95. The Kier molecular flexibility index (Phi) is 3.64. The molecule has 0 unspecified atom stereocenters. The normalized spacial score (nSPS) is 11.5. The van der Waals surface area contributed by atoms with Crippen LogP contribution in [0.3, 0.4) is 0 Å². The molecule has 1 aromatic carbocycles. The number of rotatable bonds is 3. The fraction of sp³-hybridized carbons (Fsp3) is 0.182. The lowest BCUT2D eigenvalue weighted by Gasteiger charge is -2.01. The Balaban J connectivity index is 3.15. The lowest BCUT2D eigenvalue weighted by Crippen LogP contribution is -2.03. The summed E-state index contributed by atoms with van der Waals surface area (Å²) in [5.74, 6) is 0.0818. The van der Waals surface area contributed by atoms with E-state index in [1.807, 2.05) is 6.07 Å². The molecule has 0 spiro atoms. The second-order valence-electron chi connectivity index (χ2n) is 2.94. The van der Waals surface area contributed by atoms with Crippen molar-refractivity contribution in [2.24, 2.45) is 0 Å². The number of benzene rings is 1. The molecule has 0 radical (unpaired) electrons. The number of nitriles is 1. The van der Waals surface area contributed by atoms with Gasteiger partial charge in [-0.1, -0.05) is 19.1 Å². The lowest BCUT2D eigenvalue weighted by atomic mass is 10.2. The zero-order valence-electron chi connectivity index (χ0n) is 8.34. The minimum atomic E-state index is -3.16. The van der Waals surface area contributed by atoms with E-state index in [-0.39, 0.29) is 5.75 Å². The summed E-state index contributed by atoms with van der Waals surface area (Å²) in [6.45, 7) is 1.60. The van der Waals surface area contributed by atoms with Crippen molar-refractivity contribution in [3.05, 3.63) is 35.9 Å². The van der Waals surface area contributed by atoms with Crippen molar-refractivity contribution in [2.75, 3.05) is 5.75 Å². The highest BCUT2D eigenvalue weighted by Crippen LogP contribution is 2.14. The molecule has 0 aliphatic rings. The summed E-state index contributed by atoms with van der Waals surface area (Å²) in [5, 5.41) is 8.35. The highest BCUT2D eigenvalue weighted by atomic mass is 32.2. The largest absolute Gasteiger partial charge is 0.224 e. The zero-order valence-corrected chi connectivity index (χ0v) is 9.16. The Bertz CT molecular complexity index is 510. The van der Waals surface area contributed by atoms with Crippen LogP contribution in [0.15, 0.2) is 35.2 Å². The summed E-state index contributed by atoms with van der Waals surface area (Å²) in [7, 11) is -3.16. The molecule has 0 aromatic heterocycles. The molecule has 78 valence electrons. The van der Waals surface area contributed by atoms with E-state index in [2.05, 4.69) is 0 Å². The molecule has 0 aliphatic carbocycles. The van der Waals surface area contributed by atoms with Crippen LogP contribution in [-0.4, -0.2) is 14.2 Å². The van der Waals surface area contributed by atoms with Gasteiger partial charge < -0.3 is 0 Å². The van der Waals surface area contributed by atoms with Gasteiger partial charge in [0, 0.05) is 6.08 Å². The smallest absolute Gasteiger partial charge is 0.178 e. The summed E-state index contributed by atoms with van der Waals surface area (Å²) in [6.07, 6.45) is 2.90. The summed E-state index contributed by atoms with van der Waals surface area (Å²) < 4.78 is 23.1. The van der Waals surface area contributed by atoms with E-state index in [9.17, 15) is 8.42 Å². The molecule has 0 heterocycles. The second kappa shape index (κ2) is 4.76. The van der Waals surface area contributed by atoms with Crippen LogP contribution in [0.25, 0.3) is 6.08 Å². The van der Waals surface area contributed by atoms with Crippen LogP contribution < -0.4 is 0 Å². The van der Waals surface area contributed by atoms with Gasteiger partial charge in [0.1, 0.15) is 0 Å². The van der Waals surface area contributed by atoms with E-state index >= 15 is 0 Å². The maximum absolute atomic E-state index is 11.5. The maximum atomic E-state index is 11.5. The van der Waals surface area contributed by atoms with Crippen LogP contribution >= 0.6 is 0 Å². The fourth-order valence-electron chi connectivity index (χ4n) is 1.11. The molecule has 3 nitrogen and oxygen atoms in total. The first-order valence-corrected chi connectivity index (χ1v) is 6.14. The van der Waals surface area contributed by atoms with Crippen LogP contribution in [-0.2, 0) is 9.84 Å². The minimum absolute atomic E-state index is 0.0818. The molecular formula is C11H11NO2S. The van der Waals surface area contributed by atoms with Crippen LogP contribution in [0.2, 0.25) is 0 Å². The van der Waals surface area contributed by atoms with Gasteiger partial charge in [-0.3, -0.25) is 0 Å². The SMILES string of the molecule is CCS(=O)(=O)c1cccc(/C=C\C#N)c1. The number of allylic oxidation sites excluding steroid dienone is 1. The molecular weight excluding hydrogens is 210 g/mol. The van der Waals surface area contributed by atoms with Crippen molar-refractivity contribution in [1.29, 1.82) is 5.26 Å². The van der Waals surface area contributed by atoms with Gasteiger partial charge in [-0.2, -0.15) is 5.26 Å². The summed E-state index contributed by atoms with van der Waals surface area (Å²) in [6, 6.07) is 8.40. The van der Waals surface area contributed by atoms with Gasteiger partial charge in [-0.15, -0.1) is 0 Å². The summed E-state index contributed by atoms with van der Waals surface area (Å²) >= 11 is 0. The highest BCUT2D eigenvalue weighted by Gasteiger charge is 2.10. The van der Waals surface area contributed by atoms with Gasteiger partial charge in [0.15, 0.2) is 9.84 Å². The Hall–Kier alpha value is -1.60. The topological polar surface area (TPSA) is 57.9 Å². The first kappa shape index (κ1) is 11.5. The van der Waals surface area contributed by atoms with E-state index < -0.39 is 9.84 Å². The molecule has 4 heteroatoms. The Morgan fingerprint density at radius 3 is 2.80 bits per heavy atom. The number of sulfone groups is 1. The molecule has 0 N–H and O–H groups in total. The first-order valence-electron chi connectivity index (χ1n) is 4.49. The van der Waals surface area contributed by atoms with Gasteiger partial charge in [-0.25, -0.2) is 8.42 Å². The molecule has 1 aromatic rings. The third kappa shape index (κ3) is 2.93. The molecule has 0 saturated carbocycles. The Labute approximate surface area is 89.6 Å². The van der Waals surface area contributed by atoms with Gasteiger partial charge in [-0.05, 0) is 23.8 Å². The Morgan fingerprint density at radius 1 is 1.47 bits per heavy atom. The lowest BCUT2D eigenvalue weighted by molar-refractivity contribution is 0.597. The average Bonchev–Trinajstić information content (AvgIpc) is 2.27. The standard InChI is InChI=1S/C11H11NO2S/c1-2-15(13,14)11-7-3-5-10(9-11)6-4-8-12/h3-7,9H,2H2,1H3/b6-4-. The molecule has 0 fully saturated rings. The average molecular weight is 221 g/mol. The minimum Gasteiger partial charge on any atom is -0.224 e. The van der Waals surface area contributed by atoms with Crippen molar-refractivity contribution in [1.82, 2.24) is 0 Å². The zero-order chi connectivity index (χ0) is 11.3. The van der Waals surface area contributed by atoms with Gasteiger partial charge in [0.2, 0.25) is 0 Å². The molecule has 0 aliphatic heterocycles. The third-order valence-corrected chi connectivity index (χ3v) is 3.68. The Morgan fingerprint density at radius 2 is 2.20 bits per heavy atom. The second-order valence-corrected chi connectivity index (χ2v) is 5.22. The number of hydrogen-bond donors (Lipinski definition) is 0. The van der Waals surface area contributed by atoms with Crippen molar-refractivity contribution in [2.45, 2.75) is 11.8 Å². The molecule has 1 rings (SSSR count). The van der Waals surface area contributed by atoms with Crippen molar-refractivity contribution < 1.29 is 8.42 Å². The monoisotopic (exact) mass is 221 g/mol. The van der Waals surface area contributed by atoms with E-state index in [1.54, 1.807) is 37.3 Å². The maximum Gasteiger partial charge on any atom is 0.178 e. The van der Waals surface area contributed by atoms with Gasteiger partial charge in [0.25, 0.3) is 0 Å². The van der Waals surface area contributed by atoms with E-state index in [4.69, 9.17) is 5.26 Å². The van der Waals surface area contributed by atoms with Crippen LogP contribution in [0.4, 0.5) is 0 Å². The first-order chi connectivity index (χ1) is 7.10. The fourth-order valence-corrected chi connectivity index (χ4v) is 2.05. The van der Waals surface area contributed by atoms with Crippen LogP contribution in [0, 0.1) is 11.3 Å². The quantitative estimate of drug-likeness (QED) is 0.734. The predicted molar refractivity (Wildman–Crippen MR) is 58.8 cm³/mol. The van der Waals surface area contributed by atoms with Crippen LogP contribution in [0.1, 0.15) is 12.5 Å². The van der Waals surface area contributed by atoms with Gasteiger partial charge >= 0.3 is 0 Å².